The van der Waals surface area contributed by atoms with Crippen molar-refractivity contribution in [3.8, 4) is 16.8 Å². The van der Waals surface area contributed by atoms with Crippen LogP contribution in [-0.4, -0.2) is 45.5 Å². The quantitative estimate of drug-likeness (QED) is 0.463. The number of carbonyl (C=O) groups excluding carboxylic acids is 2. The van der Waals surface area contributed by atoms with Crippen LogP contribution in [0.2, 0.25) is 0 Å². The van der Waals surface area contributed by atoms with Crippen molar-refractivity contribution >= 4 is 29.2 Å². The van der Waals surface area contributed by atoms with Gasteiger partial charge in [-0.2, -0.15) is 5.10 Å². The SMILES string of the molecule is CCN(CC(=O)Nc1c(-c2ccccc2)c(C)nn1-c1ccccc1C)C(=O)C(C)(C)CCl. The molecule has 7 heteroatoms. The number of likely N-dealkylation sites (N-methyl/N-ethyl adjacent to an activating group) is 1. The Labute approximate surface area is 200 Å². The largest absolute Gasteiger partial charge is 0.333 e. The fraction of sp³-hybridized carbons (Fsp3) is 0.346. The molecule has 0 unspecified atom stereocenters. The number of hydrogen-bond acceptors (Lipinski definition) is 3. The molecule has 33 heavy (non-hydrogen) atoms. The van der Waals surface area contributed by atoms with E-state index < -0.39 is 5.41 Å². The zero-order valence-electron chi connectivity index (χ0n) is 19.9. The van der Waals surface area contributed by atoms with Gasteiger partial charge in [-0.25, -0.2) is 4.68 Å². The monoisotopic (exact) mass is 466 g/mol. The molecule has 0 saturated carbocycles. The number of nitrogens with one attached hydrogen (secondary N) is 1. The van der Waals surface area contributed by atoms with E-state index in [0.29, 0.717) is 12.4 Å². The maximum Gasteiger partial charge on any atom is 0.245 e. The minimum Gasteiger partial charge on any atom is -0.333 e. The Morgan fingerprint density at radius 1 is 1.06 bits per heavy atom. The van der Waals surface area contributed by atoms with Gasteiger partial charge in [0, 0.05) is 18.0 Å². The third-order valence-corrected chi connectivity index (χ3v) is 6.31. The number of amides is 2. The lowest BCUT2D eigenvalue weighted by Crippen LogP contribution is -2.45. The van der Waals surface area contributed by atoms with Gasteiger partial charge in [-0.1, -0.05) is 48.5 Å². The smallest absolute Gasteiger partial charge is 0.245 e. The lowest BCUT2D eigenvalue weighted by molar-refractivity contribution is -0.141. The van der Waals surface area contributed by atoms with E-state index in [1.54, 1.807) is 18.5 Å². The van der Waals surface area contributed by atoms with E-state index in [-0.39, 0.29) is 24.2 Å². The van der Waals surface area contributed by atoms with Crippen molar-refractivity contribution in [1.82, 2.24) is 14.7 Å². The second-order valence-electron chi connectivity index (χ2n) is 8.76. The highest BCUT2D eigenvalue weighted by atomic mass is 35.5. The Morgan fingerprint density at radius 2 is 1.70 bits per heavy atom. The van der Waals surface area contributed by atoms with Crippen LogP contribution in [-0.2, 0) is 9.59 Å². The topological polar surface area (TPSA) is 67.2 Å². The van der Waals surface area contributed by atoms with Gasteiger partial charge >= 0.3 is 0 Å². The van der Waals surface area contributed by atoms with E-state index in [1.807, 2.05) is 75.4 Å². The molecule has 0 aliphatic rings. The summed E-state index contributed by atoms with van der Waals surface area (Å²) in [6, 6.07) is 17.7. The molecule has 0 atom stereocenters. The molecule has 0 radical (unpaired) electrons. The summed E-state index contributed by atoms with van der Waals surface area (Å²) < 4.78 is 1.77. The summed E-state index contributed by atoms with van der Waals surface area (Å²) in [5.74, 6) is 0.323. The molecule has 0 bridgehead atoms. The molecule has 1 heterocycles. The van der Waals surface area contributed by atoms with Crippen LogP contribution in [0.5, 0.6) is 0 Å². The zero-order chi connectivity index (χ0) is 24.2. The summed E-state index contributed by atoms with van der Waals surface area (Å²) in [5.41, 5.74) is 3.77. The lowest BCUT2D eigenvalue weighted by atomic mass is 9.94. The summed E-state index contributed by atoms with van der Waals surface area (Å²) in [7, 11) is 0. The van der Waals surface area contributed by atoms with E-state index in [2.05, 4.69) is 5.32 Å². The maximum atomic E-state index is 13.2. The van der Waals surface area contributed by atoms with Crippen molar-refractivity contribution in [2.24, 2.45) is 5.41 Å². The van der Waals surface area contributed by atoms with Crippen LogP contribution in [0.1, 0.15) is 32.0 Å². The van der Waals surface area contributed by atoms with E-state index in [4.69, 9.17) is 16.7 Å². The summed E-state index contributed by atoms with van der Waals surface area (Å²) in [6.07, 6.45) is 0. The Bertz CT molecular complexity index is 1140. The van der Waals surface area contributed by atoms with Crippen LogP contribution in [0.4, 0.5) is 5.82 Å². The third-order valence-electron chi connectivity index (χ3n) is 5.64. The number of alkyl halides is 1. The summed E-state index contributed by atoms with van der Waals surface area (Å²) in [6.45, 7) is 9.70. The maximum absolute atomic E-state index is 13.2. The molecule has 1 aromatic heterocycles. The lowest BCUT2D eigenvalue weighted by Gasteiger charge is -2.29. The molecular weight excluding hydrogens is 436 g/mol. The number of halogens is 1. The Morgan fingerprint density at radius 3 is 2.30 bits per heavy atom. The normalized spacial score (nSPS) is 11.3. The van der Waals surface area contributed by atoms with Gasteiger partial charge < -0.3 is 10.2 Å². The molecule has 0 saturated heterocycles. The summed E-state index contributed by atoms with van der Waals surface area (Å²) >= 11 is 5.99. The standard InChI is InChI=1S/C26H31ClN4O2/c1-6-30(25(33)26(4,5)17-27)16-22(32)28-24-23(20-13-8-7-9-14-20)19(3)29-31(24)21-15-11-10-12-18(21)2/h7-15H,6,16-17H2,1-5H3,(H,28,32). The molecule has 2 amide bonds. The van der Waals surface area contributed by atoms with Gasteiger partial charge in [-0.3, -0.25) is 9.59 Å². The van der Waals surface area contributed by atoms with Crippen LogP contribution in [0.3, 0.4) is 0 Å². The second-order valence-corrected chi connectivity index (χ2v) is 9.03. The molecule has 6 nitrogen and oxygen atoms in total. The fourth-order valence-corrected chi connectivity index (χ4v) is 3.84. The van der Waals surface area contributed by atoms with Gasteiger partial charge in [0.25, 0.3) is 0 Å². The minimum absolute atomic E-state index is 0.0676. The van der Waals surface area contributed by atoms with Crippen molar-refractivity contribution in [3.05, 3.63) is 65.9 Å². The van der Waals surface area contributed by atoms with Crippen molar-refractivity contribution in [1.29, 1.82) is 0 Å². The highest BCUT2D eigenvalue weighted by molar-refractivity contribution is 6.19. The van der Waals surface area contributed by atoms with Gasteiger partial charge in [0.15, 0.2) is 0 Å². The molecule has 3 aromatic rings. The number of anilines is 1. The predicted octanol–water partition coefficient (Wildman–Crippen LogP) is 5.21. The molecule has 3 rings (SSSR count). The molecular formula is C26H31ClN4O2. The molecule has 0 aliphatic heterocycles. The zero-order valence-corrected chi connectivity index (χ0v) is 20.6. The molecule has 1 N–H and O–H groups in total. The first-order valence-corrected chi connectivity index (χ1v) is 11.6. The number of benzene rings is 2. The fourth-order valence-electron chi connectivity index (χ4n) is 3.73. The predicted molar refractivity (Wildman–Crippen MR) is 134 cm³/mol. The summed E-state index contributed by atoms with van der Waals surface area (Å²) in [5, 5.41) is 7.81. The van der Waals surface area contributed by atoms with Crippen molar-refractivity contribution in [3.63, 3.8) is 0 Å². The van der Waals surface area contributed by atoms with E-state index in [9.17, 15) is 9.59 Å². The average molecular weight is 467 g/mol. The Balaban J connectivity index is 2.01. The number of rotatable bonds is 8. The molecule has 0 fully saturated rings. The van der Waals surface area contributed by atoms with Gasteiger partial charge in [0.2, 0.25) is 11.8 Å². The first kappa shape index (κ1) is 24.5. The molecule has 2 aromatic carbocycles. The van der Waals surface area contributed by atoms with Crippen LogP contribution >= 0.6 is 11.6 Å². The van der Waals surface area contributed by atoms with E-state index in [1.165, 1.54) is 4.90 Å². The average Bonchev–Trinajstić information content (AvgIpc) is 3.13. The number of aromatic nitrogens is 2. The Kier molecular flexibility index (Phi) is 7.59. The van der Waals surface area contributed by atoms with Crippen molar-refractivity contribution < 1.29 is 9.59 Å². The van der Waals surface area contributed by atoms with E-state index in [0.717, 1.165) is 28.1 Å². The van der Waals surface area contributed by atoms with E-state index >= 15 is 0 Å². The van der Waals surface area contributed by atoms with Crippen LogP contribution < -0.4 is 5.32 Å². The third kappa shape index (κ3) is 5.28. The number of aryl methyl sites for hydroxylation is 2. The molecule has 174 valence electrons. The van der Waals surface area contributed by atoms with Crippen LogP contribution in [0, 0.1) is 19.3 Å². The highest BCUT2D eigenvalue weighted by Crippen LogP contribution is 2.34. The van der Waals surface area contributed by atoms with Crippen LogP contribution in [0.15, 0.2) is 54.6 Å². The number of hydrogen-bond donors (Lipinski definition) is 1. The van der Waals surface area contributed by atoms with Crippen LogP contribution in [0.25, 0.3) is 16.8 Å². The first-order valence-electron chi connectivity index (χ1n) is 11.1. The number of nitrogens with zero attached hydrogens (tertiary/aromatic N) is 3. The van der Waals surface area contributed by atoms with Crippen molar-refractivity contribution in [2.45, 2.75) is 34.6 Å². The van der Waals surface area contributed by atoms with Crippen molar-refractivity contribution in [2.75, 3.05) is 24.3 Å². The highest BCUT2D eigenvalue weighted by Gasteiger charge is 2.32. The van der Waals surface area contributed by atoms with Gasteiger partial charge in [0.1, 0.15) is 5.82 Å². The van der Waals surface area contributed by atoms with Gasteiger partial charge in [-0.15, -0.1) is 11.6 Å². The van der Waals surface area contributed by atoms with Gasteiger partial charge in [-0.05, 0) is 51.8 Å². The second kappa shape index (κ2) is 10.2. The summed E-state index contributed by atoms with van der Waals surface area (Å²) in [4.78, 5) is 27.6. The number of para-hydroxylation sites is 1. The molecule has 0 aliphatic carbocycles. The molecule has 0 spiro atoms. The van der Waals surface area contributed by atoms with Gasteiger partial charge in [0.05, 0.1) is 23.3 Å². The number of carbonyl (C=O) groups is 2. The minimum atomic E-state index is -0.743. The first-order chi connectivity index (χ1) is 15.7. The Hall–Kier alpha value is -3.12.